The molecule has 0 unspecified atom stereocenters. The molecule has 0 saturated heterocycles. The quantitative estimate of drug-likeness (QED) is 0.801. The lowest BCUT2D eigenvalue weighted by Gasteiger charge is -2.06. The number of thiophene rings is 1. The predicted octanol–water partition coefficient (Wildman–Crippen LogP) is 2.36. The van der Waals surface area contributed by atoms with Crippen LogP contribution in [0.3, 0.4) is 0 Å². The third-order valence-corrected chi connectivity index (χ3v) is 3.70. The normalized spacial score (nSPS) is 11.0. The molecule has 2 rings (SSSR count). The molecule has 2 N–H and O–H groups in total. The average molecular weight is 251 g/mol. The van der Waals surface area contributed by atoms with Gasteiger partial charge in [-0.05, 0) is 25.8 Å². The minimum atomic E-state index is 0.198. The first kappa shape index (κ1) is 12.3. The van der Waals surface area contributed by atoms with Crippen molar-refractivity contribution < 1.29 is 5.11 Å². The van der Waals surface area contributed by atoms with Crippen LogP contribution < -0.4 is 5.32 Å². The van der Waals surface area contributed by atoms with Crippen LogP contribution in [0.15, 0.2) is 6.07 Å². The molecule has 0 spiro atoms. The number of aliphatic hydroxyl groups excluding tert-OH is 1. The summed E-state index contributed by atoms with van der Waals surface area (Å²) in [6.07, 6.45) is 1.76. The maximum atomic E-state index is 8.78. The van der Waals surface area contributed by atoms with Crippen LogP contribution in [0, 0.1) is 6.92 Å². The van der Waals surface area contributed by atoms with Gasteiger partial charge in [0.05, 0.1) is 5.39 Å². The van der Waals surface area contributed by atoms with Crippen LogP contribution in [0.25, 0.3) is 10.2 Å². The van der Waals surface area contributed by atoms with Crippen LogP contribution in [0.1, 0.15) is 24.0 Å². The van der Waals surface area contributed by atoms with Gasteiger partial charge in [-0.2, -0.15) is 0 Å². The Labute approximate surface area is 105 Å². The van der Waals surface area contributed by atoms with Crippen LogP contribution in [0.5, 0.6) is 0 Å². The predicted molar refractivity (Wildman–Crippen MR) is 71.7 cm³/mol. The van der Waals surface area contributed by atoms with Gasteiger partial charge in [-0.15, -0.1) is 11.3 Å². The largest absolute Gasteiger partial charge is 0.396 e. The Hall–Kier alpha value is -1.20. The molecule has 92 valence electrons. The van der Waals surface area contributed by atoms with Crippen molar-refractivity contribution in [2.75, 3.05) is 18.5 Å². The molecule has 5 heteroatoms. The Kier molecular flexibility index (Phi) is 3.91. The smallest absolute Gasteiger partial charge is 0.138 e. The van der Waals surface area contributed by atoms with Crippen molar-refractivity contribution in [2.45, 2.75) is 26.7 Å². The number of aromatic nitrogens is 2. The van der Waals surface area contributed by atoms with Crippen LogP contribution in [0.2, 0.25) is 0 Å². The third-order valence-electron chi connectivity index (χ3n) is 2.53. The minimum Gasteiger partial charge on any atom is -0.396 e. The topological polar surface area (TPSA) is 58.0 Å². The summed E-state index contributed by atoms with van der Waals surface area (Å²) >= 11 is 1.72. The highest BCUT2D eigenvalue weighted by Gasteiger charge is 2.09. The van der Waals surface area contributed by atoms with Crippen molar-refractivity contribution in [3.8, 4) is 0 Å². The molecule has 0 aliphatic rings. The molecule has 2 aromatic heterocycles. The fourth-order valence-corrected chi connectivity index (χ4v) is 2.69. The Morgan fingerprint density at radius 2 is 2.24 bits per heavy atom. The number of nitrogens with zero attached hydrogens (tertiary/aromatic N) is 2. The minimum absolute atomic E-state index is 0.198. The molecule has 17 heavy (non-hydrogen) atoms. The van der Waals surface area contributed by atoms with Crippen molar-refractivity contribution in [1.29, 1.82) is 0 Å². The van der Waals surface area contributed by atoms with Gasteiger partial charge in [0.25, 0.3) is 0 Å². The number of aliphatic hydroxyl groups is 1. The van der Waals surface area contributed by atoms with Gasteiger partial charge in [0.2, 0.25) is 0 Å². The van der Waals surface area contributed by atoms with E-state index in [0.29, 0.717) is 0 Å². The fraction of sp³-hybridized carbons (Fsp3) is 0.500. The van der Waals surface area contributed by atoms with Crippen molar-refractivity contribution in [3.63, 3.8) is 0 Å². The SMILES string of the molecule is CCc1cc2c(NCCCO)nc(C)nc2s1. The number of hydrogen-bond acceptors (Lipinski definition) is 5. The second-order valence-corrected chi connectivity index (χ2v) is 5.02. The van der Waals surface area contributed by atoms with E-state index in [1.807, 2.05) is 6.92 Å². The highest BCUT2D eigenvalue weighted by molar-refractivity contribution is 7.18. The summed E-state index contributed by atoms with van der Waals surface area (Å²) < 4.78 is 0. The van der Waals surface area contributed by atoms with Gasteiger partial charge in [-0.25, -0.2) is 9.97 Å². The Morgan fingerprint density at radius 3 is 2.94 bits per heavy atom. The van der Waals surface area contributed by atoms with Crippen molar-refractivity contribution in [1.82, 2.24) is 9.97 Å². The fourth-order valence-electron chi connectivity index (χ4n) is 1.67. The second kappa shape index (κ2) is 5.42. The van der Waals surface area contributed by atoms with Crippen LogP contribution in [-0.2, 0) is 6.42 Å². The Balaban J connectivity index is 2.34. The van der Waals surface area contributed by atoms with E-state index in [-0.39, 0.29) is 6.61 Å². The molecule has 0 aromatic carbocycles. The molecule has 0 atom stereocenters. The summed E-state index contributed by atoms with van der Waals surface area (Å²) in [5.41, 5.74) is 0. The van der Waals surface area contributed by atoms with Crippen LogP contribution in [-0.4, -0.2) is 28.2 Å². The van der Waals surface area contributed by atoms with Gasteiger partial charge in [-0.3, -0.25) is 0 Å². The molecular formula is C12H17N3OS. The zero-order chi connectivity index (χ0) is 12.3. The van der Waals surface area contributed by atoms with E-state index >= 15 is 0 Å². The summed E-state index contributed by atoms with van der Waals surface area (Å²) in [5, 5.41) is 13.1. The molecule has 4 nitrogen and oxygen atoms in total. The summed E-state index contributed by atoms with van der Waals surface area (Å²) in [4.78, 5) is 11.2. The first-order chi connectivity index (χ1) is 8.24. The molecule has 0 fully saturated rings. The molecule has 0 bridgehead atoms. The Bertz CT molecular complexity index is 510. The lowest BCUT2D eigenvalue weighted by atomic mass is 10.3. The van der Waals surface area contributed by atoms with E-state index in [4.69, 9.17) is 5.11 Å². The molecule has 0 aliphatic carbocycles. The zero-order valence-electron chi connectivity index (χ0n) is 10.2. The molecule has 0 amide bonds. The van der Waals surface area contributed by atoms with E-state index < -0.39 is 0 Å². The number of rotatable bonds is 5. The van der Waals surface area contributed by atoms with Gasteiger partial charge >= 0.3 is 0 Å². The van der Waals surface area contributed by atoms with Crippen molar-refractivity contribution in [2.24, 2.45) is 0 Å². The highest BCUT2D eigenvalue weighted by Crippen LogP contribution is 2.29. The molecule has 0 radical (unpaired) electrons. The summed E-state index contributed by atoms with van der Waals surface area (Å²) in [6, 6.07) is 2.15. The van der Waals surface area contributed by atoms with Crippen LogP contribution in [0.4, 0.5) is 5.82 Å². The van der Waals surface area contributed by atoms with E-state index in [2.05, 4.69) is 28.3 Å². The van der Waals surface area contributed by atoms with Crippen LogP contribution >= 0.6 is 11.3 Å². The number of aryl methyl sites for hydroxylation is 2. The lowest BCUT2D eigenvalue weighted by Crippen LogP contribution is -2.06. The van der Waals surface area contributed by atoms with Gasteiger partial charge in [-0.1, -0.05) is 6.92 Å². The number of nitrogens with one attached hydrogen (secondary N) is 1. The lowest BCUT2D eigenvalue weighted by molar-refractivity contribution is 0.292. The molecule has 0 aliphatic heterocycles. The molecular weight excluding hydrogens is 234 g/mol. The second-order valence-electron chi connectivity index (χ2n) is 3.91. The summed E-state index contributed by atoms with van der Waals surface area (Å²) in [5.74, 6) is 1.67. The number of fused-ring (bicyclic) bond motifs is 1. The standard InChI is InChI=1S/C12H17N3OS/c1-3-9-7-10-11(13-5-4-6-16)14-8(2)15-12(10)17-9/h7,16H,3-6H2,1-2H3,(H,13,14,15). The van der Waals surface area contributed by atoms with E-state index in [1.165, 1.54) is 4.88 Å². The van der Waals surface area contributed by atoms with Crippen molar-refractivity contribution in [3.05, 3.63) is 16.8 Å². The van der Waals surface area contributed by atoms with E-state index in [0.717, 1.165) is 41.2 Å². The molecule has 0 saturated carbocycles. The van der Waals surface area contributed by atoms with Crippen molar-refractivity contribution >= 4 is 27.4 Å². The summed E-state index contributed by atoms with van der Waals surface area (Å²) in [6.45, 7) is 4.98. The first-order valence-corrected chi connectivity index (χ1v) is 6.68. The van der Waals surface area contributed by atoms with Gasteiger partial charge in [0.15, 0.2) is 0 Å². The Morgan fingerprint density at radius 1 is 1.41 bits per heavy atom. The van der Waals surface area contributed by atoms with E-state index in [9.17, 15) is 0 Å². The maximum Gasteiger partial charge on any atom is 0.138 e. The maximum absolute atomic E-state index is 8.78. The molecule has 2 heterocycles. The highest BCUT2D eigenvalue weighted by atomic mass is 32.1. The van der Waals surface area contributed by atoms with E-state index in [1.54, 1.807) is 11.3 Å². The molecule has 2 aromatic rings. The first-order valence-electron chi connectivity index (χ1n) is 5.86. The average Bonchev–Trinajstić information content (AvgIpc) is 2.72. The number of hydrogen-bond donors (Lipinski definition) is 2. The number of anilines is 1. The van der Waals surface area contributed by atoms with Gasteiger partial charge in [0, 0.05) is 18.0 Å². The monoisotopic (exact) mass is 251 g/mol. The zero-order valence-corrected chi connectivity index (χ0v) is 11.0. The van der Waals surface area contributed by atoms with Gasteiger partial charge < -0.3 is 10.4 Å². The summed E-state index contributed by atoms with van der Waals surface area (Å²) in [7, 11) is 0. The third kappa shape index (κ3) is 2.73. The van der Waals surface area contributed by atoms with Gasteiger partial charge in [0.1, 0.15) is 16.5 Å².